The summed E-state index contributed by atoms with van der Waals surface area (Å²) in [6.45, 7) is 0.463. The number of aromatic nitrogens is 1. The SMILES string of the molecule is O=C1CSc2cc(OCc3cccc(/C=C/c4ccc5ccc(Cl)cc5n4)c3)ccc2N1. The molecule has 4 aromatic rings. The fraction of sp³-hybridized carbons (Fsp3) is 0.0769. The van der Waals surface area contributed by atoms with Crippen LogP contribution in [0.3, 0.4) is 0 Å². The molecule has 0 spiro atoms. The summed E-state index contributed by atoms with van der Waals surface area (Å²) in [5, 5.41) is 4.62. The number of carbonyl (C=O) groups excluding carboxylic acids is 1. The van der Waals surface area contributed by atoms with Crippen LogP contribution in [0.1, 0.15) is 16.8 Å². The number of amides is 1. The molecule has 0 bridgehead atoms. The lowest BCUT2D eigenvalue weighted by atomic mass is 10.1. The van der Waals surface area contributed by atoms with Gasteiger partial charge in [-0.25, -0.2) is 4.98 Å². The van der Waals surface area contributed by atoms with Gasteiger partial charge in [-0.1, -0.05) is 48.0 Å². The zero-order valence-corrected chi connectivity index (χ0v) is 18.6. The highest BCUT2D eigenvalue weighted by Crippen LogP contribution is 2.34. The van der Waals surface area contributed by atoms with Gasteiger partial charge in [0.25, 0.3) is 0 Å². The molecule has 5 rings (SSSR count). The normalized spacial score (nSPS) is 13.2. The van der Waals surface area contributed by atoms with Crippen molar-refractivity contribution in [2.45, 2.75) is 11.5 Å². The van der Waals surface area contributed by atoms with Crippen molar-refractivity contribution in [1.29, 1.82) is 0 Å². The quantitative estimate of drug-likeness (QED) is 0.362. The maximum absolute atomic E-state index is 11.5. The van der Waals surface area contributed by atoms with E-state index in [9.17, 15) is 4.79 Å². The largest absolute Gasteiger partial charge is 0.489 e. The second-order valence-electron chi connectivity index (χ2n) is 7.44. The van der Waals surface area contributed by atoms with Crippen LogP contribution in [0.4, 0.5) is 5.69 Å². The number of halogens is 1. The highest BCUT2D eigenvalue weighted by molar-refractivity contribution is 8.00. The first-order valence-corrected chi connectivity index (χ1v) is 11.5. The number of thioether (sulfide) groups is 1. The molecule has 1 N–H and O–H groups in total. The number of anilines is 1. The second-order valence-corrected chi connectivity index (χ2v) is 8.89. The molecule has 0 unspecified atom stereocenters. The van der Waals surface area contributed by atoms with Gasteiger partial charge in [-0.05, 0) is 59.7 Å². The molecule has 1 amide bonds. The molecule has 3 aromatic carbocycles. The standard InChI is InChI=1S/C26H19ClN2O2S/c27-20-7-5-19-6-9-21(28-24(19)13-20)8-4-17-2-1-3-18(12-17)15-31-22-10-11-23-25(14-22)32-16-26(30)29-23/h1-14H,15-16H2,(H,29,30)/b8-4+. The van der Waals surface area contributed by atoms with Crippen LogP contribution in [-0.4, -0.2) is 16.6 Å². The Labute approximate surface area is 195 Å². The number of hydrogen-bond acceptors (Lipinski definition) is 4. The Hall–Kier alpha value is -3.28. The van der Waals surface area contributed by atoms with E-state index in [0.717, 1.165) is 44.1 Å². The molecular weight excluding hydrogens is 440 g/mol. The summed E-state index contributed by atoms with van der Waals surface area (Å²) in [6.07, 6.45) is 4.04. The summed E-state index contributed by atoms with van der Waals surface area (Å²) in [5.41, 5.74) is 4.74. The second kappa shape index (κ2) is 9.07. The zero-order chi connectivity index (χ0) is 21.9. The first-order chi connectivity index (χ1) is 15.6. The fourth-order valence-electron chi connectivity index (χ4n) is 3.48. The van der Waals surface area contributed by atoms with E-state index in [-0.39, 0.29) is 5.91 Å². The number of nitrogens with one attached hydrogen (secondary N) is 1. The Balaban J connectivity index is 1.27. The van der Waals surface area contributed by atoms with Crippen LogP contribution in [0, 0.1) is 0 Å². The maximum atomic E-state index is 11.5. The Bertz CT molecular complexity index is 1350. The van der Waals surface area contributed by atoms with Gasteiger partial charge in [0.15, 0.2) is 0 Å². The molecule has 2 heterocycles. The van der Waals surface area contributed by atoms with Crippen LogP contribution in [-0.2, 0) is 11.4 Å². The number of pyridine rings is 1. The minimum atomic E-state index is 0.0312. The monoisotopic (exact) mass is 458 g/mol. The fourth-order valence-corrected chi connectivity index (χ4v) is 4.48. The molecule has 0 aliphatic carbocycles. The van der Waals surface area contributed by atoms with Crippen molar-refractivity contribution in [3.8, 4) is 5.75 Å². The van der Waals surface area contributed by atoms with E-state index in [1.54, 1.807) is 0 Å². The van der Waals surface area contributed by atoms with E-state index < -0.39 is 0 Å². The van der Waals surface area contributed by atoms with Crippen molar-refractivity contribution in [2.24, 2.45) is 0 Å². The molecule has 0 fully saturated rings. The molecule has 1 aliphatic rings. The number of ether oxygens (including phenoxy) is 1. The molecule has 6 heteroatoms. The molecule has 0 saturated heterocycles. The minimum Gasteiger partial charge on any atom is -0.489 e. The van der Waals surface area contributed by atoms with Gasteiger partial charge < -0.3 is 10.1 Å². The van der Waals surface area contributed by atoms with Gasteiger partial charge in [0, 0.05) is 15.3 Å². The third-order valence-electron chi connectivity index (χ3n) is 5.06. The van der Waals surface area contributed by atoms with Crippen molar-refractivity contribution in [3.63, 3.8) is 0 Å². The van der Waals surface area contributed by atoms with Crippen LogP contribution in [0.5, 0.6) is 5.75 Å². The van der Waals surface area contributed by atoms with E-state index in [1.165, 1.54) is 11.8 Å². The highest BCUT2D eigenvalue weighted by atomic mass is 35.5. The predicted molar refractivity (Wildman–Crippen MR) is 132 cm³/mol. The molecule has 0 atom stereocenters. The van der Waals surface area contributed by atoms with Gasteiger partial charge >= 0.3 is 0 Å². The highest BCUT2D eigenvalue weighted by Gasteiger charge is 2.15. The van der Waals surface area contributed by atoms with E-state index >= 15 is 0 Å². The average molecular weight is 459 g/mol. The number of benzene rings is 3. The maximum Gasteiger partial charge on any atom is 0.234 e. The predicted octanol–water partition coefficient (Wildman–Crippen LogP) is 6.68. The van der Waals surface area contributed by atoms with E-state index in [4.69, 9.17) is 16.3 Å². The van der Waals surface area contributed by atoms with E-state index in [1.807, 2.05) is 72.8 Å². The molecule has 0 saturated carbocycles. The lowest BCUT2D eigenvalue weighted by Gasteiger charge is -2.17. The van der Waals surface area contributed by atoms with Gasteiger partial charge in [-0.2, -0.15) is 0 Å². The summed E-state index contributed by atoms with van der Waals surface area (Å²) in [4.78, 5) is 17.2. The Morgan fingerprint density at radius 1 is 1.03 bits per heavy atom. The Morgan fingerprint density at radius 2 is 1.94 bits per heavy atom. The average Bonchev–Trinajstić information content (AvgIpc) is 2.81. The lowest BCUT2D eigenvalue weighted by molar-refractivity contribution is -0.113. The van der Waals surface area contributed by atoms with Gasteiger partial charge in [0.2, 0.25) is 5.91 Å². The van der Waals surface area contributed by atoms with Crippen molar-refractivity contribution in [2.75, 3.05) is 11.1 Å². The van der Waals surface area contributed by atoms with E-state index in [0.29, 0.717) is 17.4 Å². The van der Waals surface area contributed by atoms with Crippen LogP contribution >= 0.6 is 23.4 Å². The molecule has 1 aromatic heterocycles. The minimum absolute atomic E-state index is 0.0312. The lowest BCUT2D eigenvalue weighted by Crippen LogP contribution is -2.18. The van der Waals surface area contributed by atoms with Crippen molar-refractivity contribution in [1.82, 2.24) is 4.98 Å². The molecule has 158 valence electrons. The molecule has 32 heavy (non-hydrogen) atoms. The Kier molecular flexibility index (Phi) is 5.84. The van der Waals surface area contributed by atoms with Crippen molar-refractivity contribution in [3.05, 3.63) is 94.6 Å². The number of carbonyl (C=O) groups is 1. The summed E-state index contributed by atoms with van der Waals surface area (Å²) < 4.78 is 5.99. The number of nitrogens with zero attached hydrogens (tertiary/aromatic N) is 1. The number of fused-ring (bicyclic) bond motifs is 2. The van der Waals surface area contributed by atoms with Crippen molar-refractivity contribution < 1.29 is 9.53 Å². The van der Waals surface area contributed by atoms with Crippen LogP contribution in [0.2, 0.25) is 5.02 Å². The number of hydrogen-bond donors (Lipinski definition) is 1. The van der Waals surface area contributed by atoms with Crippen LogP contribution in [0.25, 0.3) is 23.1 Å². The van der Waals surface area contributed by atoms with Crippen molar-refractivity contribution >= 4 is 58.0 Å². The zero-order valence-electron chi connectivity index (χ0n) is 17.0. The Morgan fingerprint density at radius 3 is 2.88 bits per heavy atom. The molecular formula is C26H19ClN2O2S. The molecule has 0 radical (unpaired) electrons. The molecule has 4 nitrogen and oxygen atoms in total. The third-order valence-corrected chi connectivity index (χ3v) is 6.36. The van der Waals surface area contributed by atoms with Crippen LogP contribution < -0.4 is 10.1 Å². The first-order valence-electron chi connectivity index (χ1n) is 10.2. The molecule has 1 aliphatic heterocycles. The summed E-state index contributed by atoms with van der Waals surface area (Å²) >= 11 is 7.61. The van der Waals surface area contributed by atoms with E-state index in [2.05, 4.69) is 22.4 Å². The van der Waals surface area contributed by atoms with Crippen LogP contribution in [0.15, 0.2) is 77.7 Å². The van der Waals surface area contributed by atoms with Gasteiger partial charge in [0.1, 0.15) is 12.4 Å². The number of rotatable bonds is 5. The van der Waals surface area contributed by atoms with Gasteiger partial charge in [0.05, 0.1) is 22.7 Å². The summed E-state index contributed by atoms with van der Waals surface area (Å²) in [6, 6.07) is 23.7. The van der Waals surface area contributed by atoms with Gasteiger partial charge in [-0.3, -0.25) is 4.79 Å². The summed E-state index contributed by atoms with van der Waals surface area (Å²) in [7, 11) is 0. The smallest absolute Gasteiger partial charge is 0.234 e. The first kappa shape index (κ1) is 20.6. The topological polar surface area (TPSA) is 51.2 Å². The summed E-state index contributed by atoms with van der Waals surface area (Å²) in [5.74, 6) is 1.25. The third kappa shape index (κ3) is 4.79. The van der Waals surface area contributed by atoms with Gasteiger partial charge in [-0.15, -0.1) is 11.8 Å².